The third-order valence-electron chi connectivity index (χ3n) is 7.25. The normalized spacial score (nSPS) is 16.8. The van der Waals surface area contributed by atoms with Crippen LogP contribution in [0.5, 0.6) is 0 Å². The first-order valence-electron chi connectivity index (χ1n) is 12.8. The van der Waals surface area contributed by atoms with E-state index in [-0.39, 0.29) is 5.78 Å². The zero-order valence-corrected chi connectivity index (χ0v) is 21.3. The third-order valence-corrected chi connectivity index (χ3v) is 7.25. The van der Waals surface area contributed by atoms with E-state index in [9.17, 15) is 4.79 Å². The van der Waals surface area contributed by atoms with Crippen molar-refractivity contribution in [2.24, 2.45) is 0 Å². The first-order valence-corrected chi connectivity index (χ1v) is 12.8. The van der Waals surface area contributed by atoms with Crippen molar-refractivity contribution in [1.82, 2.24) is 0 Å². The van der Waals surface area contributed by atoms with E-state index >= 15 is 0 Å². The molecule has 0 atom stereocenters. The van der Waals surface area contributed by atoms with Gasteiger partial charge in [0, 0.05) is 11.1 Å². The van der Waals surface area contributed by atoms with Gasteiger partial charge in [-0.1, -0.05) is 100 Å². The van der Waals surface area contributed by atoms with Crippen LogP contribution in [0.2, 0.25) is 0 Å². The Morgan fingerprint density at radius 1 is 0.758 bits per heavy atom. The Bertz CT molecular complexity index is 885. The summed E-state index contributed by atoms with van der Waals surface area (Å²) in [5, 5.41) is 0. The highest BCUT2D eigenvalue weighted by Gasteiger charge is 2.52. The van der Waals surface area contributed by atoms with Crippen molar-refractivity contribution < 1.29 is 14.1 Å². The van der Waals surface area contributed by atoms with Gasteiger partial charge < -0.3 is 9.31 Å². The molecular weight excluding hydrogens is 407 g/mol. The average molecular weight is 448 g/mol. The number of hydrogen-bond donors (Lipinski definition) is 0. The van der Waals surface area contributed by atoms with Crippen LogP contribution in [0.15, 0.2) is 48.5 Å². The zero-order valence-electron chi connectivity index (χ0n) is 21.3. The highest BCUT2D eigenvalue weighted by atomic mass is 16.7. The van der Waals surface area contributed by atoms with E-state index in [1.165, 1.54) is 56.9 Å². The summed E-state index contributed by atoms with van der Waals surface area (Å²) in [6.07, 6.45) is 11.7. The van der Waals surface area contributed by atoms with Gasteiger partial charge in [-0.25, -0.2) is 0 Å². The number of carbonyl (C=O) groups is 1. The van der Waals surface area contributed by atoms with Crippen molar-refractivity contribution >= 4 is 18.4 Å². The summed E-state index contributed by atoms with van der Waals surface area (Å²) in [7, 11) is -0.545. The second kappa shape index (κ2) is 11.5. The van der Waals surface area contributed by atoms with E-state index in [0.717, 1.165) is 11.9 Å². The molecule has 1 aliphatic rings. The largest absolute Gasteiger partial charge is 0.495 e. The van der Waals surface area contributed by atoms with Crippen LogP contribution in [0.3, 0.4) is 0 Å². The number of rotatable bonds is 12. The van der Waals surface area contributed by atoms with Crippen molar-refractivity contribution in [2.75, 3.05) is 0 Å². The van der Waals surface area contributed by atoms with Gasteiger partial charge in [-0.05, 0) is 51.6 Å². The summed E-state index contributed by atoms with van der Waals surface area (Å²) >= 11 is 0. The monoisotopic (exact) mass is 448 g/mol. The van der Waals surface area contributed by atoms with Crippen molar-refractivity contribution in [1.29, 1.82) is 0 Å². The molecule has 0 amide bonds. The molecule has 1 saturated heterocycles. The molecule has 2 aromatic rings. The highest BCUT2D eigenvalue weighted by Crippen LogP contribution is 2.36. The average Bonchev–Trinajstić information content (AvgIpc) is 3.02. The summed E-state index contributed by atoms with van der Waals surface area (Å²) in [5.41, 5.74) is 2.57. The van der Waals surface area contributed by atoms with E-state index in [4.69, 9.17) is 9.31 Å². The van der Waals surface area contributed by atoms with E-state index in [1.807, 2.05) is 64.1 Å². The molecule has 0 N–H and O–H groups in total. The molecule has 0 aliphatic carbocycles. The quantitative estimate of drug-likeness (QED) is 0.201. The number of aryl methyl sites for hydroxylation is 1. The predicted octanol–water partition coefficient (Wildman–Crippen LogP) is 6.90. The number of carbonyl (C=O) groups excluding carboxylic acids is 1. The molecule has 3 rings (SSSR count). The maximum Gasteiger partial charge on any atom is 0.495 e. The fourth-order valence-electron chi connectivity index (χ4n) is 4.32. The molecule has 1 aliphatic heterocycles. The molecule has 0 saturated carbocycles. The lowest BCUT2D eigenvalue weighted by atomic mass is 9.74. The Hall–Kier alpha value is -1.91. The fourth-order valence-corrected chi connectivity index (χ4v) is 4.32. The van der Waals surface area contributed by atoms with Crippen molar-refractivity contribution in [3.05, 3.63) is 65.2 Å². The maximum atomic E-state index is 13.4. The Morgan fingerprint density at radius 3 is 1.91 bits per heavy atom. The summed E-state index contributed by atoms with van der Waals surface area (Å²) in [6, 6.07) is 15.8. The van der Waals surface area contributed by atoms with Gasteiger partial charge >= 0.3 is 7.12 Å². The van der Waals surface area contributed by atoms with Crippen molar-refractivity contribution in [3.8, 4) is 0 Å². The van der Waals surface area contributed by atoms with Gasteiger partial charge in [0.2, 0.25) is 0 Å². The molecule has 4 heteroatoms. The van der Waals surface area contributed by atoms with Gasteiger partial charge in [0.05, 0.1) is 11.2 Å². The highest BCUT2D eigenvalue weighted by molar-refractivity contribution is 6.64. The number of benzene rings is 2. The van der Waals surface area contributed by atoms with Crippen LogP contribution in [0.25, 0.3) is 0 Å². The molecule has 178 valence electrons. The van der Waals surface area contributed by atoms with Crippen LogP contribution in [0.4, 0.5) is 0 Å². The predicted molar refractivity (Wildman–Crippen MR) is 138 cm³/mol. The van der Waals surface area contributed by atoms with Crippen molar-refractivity contribution in [3.63, 3.8) is 0 Å². The fraction of sp³-hybridized carbons (Fsp3) is 0.552. The number of unbranched alkanes of at least 4 members (excludes halogenated alkanes) is 7. The van der Waals surface area contributed by atoms with Crippen LogP contribution in [0, 0.1) is 0 Å². The molecule has 0 radical (unpaired) electrons. The summed E-state index contributed by atoms with van der Waals surface area (Å²) in [5.74, 6) is 0.0129. The molecule has 2 aromatic carbocycles. The van der Waals surface area contributed by atoms with E-state index < -0.39 is 18.3 Å². The zero-order chi connectivity index (χ0) is 23.9. The molecule has 1 heterocycles. The second-order valence-corrected chi connectivity index (χ2v) is 10.4. The van der Waals surface area contributed by atoms with Crippen LogP contribution >= 0.6 is 0 Å². The minimum absolute atomic E-state index is 0.0129. The van der Waals surface area contributed by atoms with Crippen LogP contribution in [0.1, 0.15) is 107 Å². The Morgan fingerprint density at radius 2 is 1.30 bits per heavy atom. The van der Waals surface area contributed by atoms with Gasteiger partial charge in [0.1, 0.15) is 0 Å². The molecule has 3 nitrogen and oxygen atoms in total. The Kier molecular flexibility index (Phi) is 8.95. The molecule has 0 aromatic heterocycles. The maximum absolute atomic E-state index is 13.4. The van der Waals surface area contributed by atoms with Crippen LogP contribution < -0.4 is 5.46 Å². The molecule has 1 fully saturated rings. The van der Waals surface area contributed by atoms with E-state index in [1.54, 1.807) is 0 Å². The summed E-state index contributed by atoms with van der Waals surface area (Å²) in [4.78, 5) is 13.4. The first-order chi connectivity index (χ1) is 15.7. The standard InChI is InChI=1S/C29H41BO3/c1-6-7-8-9-10-11-12-13-16-23-19-21-24(22-20-23)27(31)25-17-14-15-18-26(25)30-32-28(2,3)29(4,5)33-30/h14-15,17-22H,6-13,16H2,1-5H3. The summed E-state index contributed by atoms with van der Waals surface area (Å²) in [6.45, 7) is 10.4. The third kappa shape index (κ3) is 6.58. The van der Waals surface area contributed by atoms with Gasteiger partial charge in [0.15, 0.2) is 5.78 Å². The lowest BCUT2D eigenvalue weighted by molar-refractivity contribution is 0.00578. The van der Waals surface area contributed by atoms with E-state index in [0.29, 0.717) is 11.1 Å². The van der Waals surface area contributed by atoms with Gasteiger partial charge in [-0.15, -0.1) is 0 Å². The Labute approximate surface area is 201 Å². The smallest absolute Gasteiger partial charge is 0.399 e. The minimum atomic E-state index is -0.545. The topological polar surface area (TPSA) is 35.5 Å². The number of hydrogen-bond acceptors (Lipinski definition) is 3. The van der Waals surface area contributed by atoms with E-state index in [2.05, 4.69) is 19.1 Å². The summed E-state index contributed by atoms with van der Waals surface area (Å²) < 4.78 is 12.4. The number of ketones is 1. The molecule has 0 spiro atoms. The first kappa shape index (κ1) is 25.7. The minimum Gasteiger partial charge on any atom is -0.399 e. The molecule has 0 unspecified atom stereocenters. The second-order valence-electron chi connectivity index (χ2n) is 10.4. The molecule has 0 bridgehead atoms. The lowest BCUT2D eigenvalue weighted by Gasteiger charge is -2.32. The van der Waals surface area contributed by atoms with Gasteiger partial charge in [-0.2, -0.15) is 0 Å². The SMILES string of the molecule is CCCCCCCCCCc1ccc(C(=O)c2ccccc2B2OC(C)(C)C(C)(C)O2)cc1. The Balaban J connectivity index is 1.58. The van der Waals surface area contributed by atoms with Gasteiger partial charge in [-0.3, -0.25) is 4.79 Å². The molecular formula is C29H41BO3. The van der Waals surface area contributed by atoms with Crippen LogP contribution in [-0.2, 0) is 15.7 Å². The molecule has 33 heavy (non-hydrogen) atoms. The van der Waals surface area contributed by atoms with Crippen LogP contribution in [-0.4, -0.2) is 24.1 Å². The van der Waals surface area contributed by atoms with Crippen molar-refractivity contribution in [2.45, 2.75) is 104 Å². The van der Waals surface area contributed by atoms with Gasteiger partial charge in [0.25, 0.3) is 0 Å². The lowest BCUT2D eigenvalue weighted by Crippen LogP contribution is -2.41.